The number of piperidine rings is 1. The lowest BCUT2D eigenvalue weighted by Gasteiger charge is -2.32. The summed E-state index contributed by atoms with van der Waals surface area (Å²) < 4.78 is 5.47. The molecule has 2 rings (SSSR count). The van der Waals surface area contributed by atoms with Crippen LogP contribution < -0.4 is 5.73 Å². The van der Waals surface area contributed by atoms with Crippen LogP contribution in [0.3, 0.4) is 0 Å². The van der Waals surface area contributed by atoms with Gasteiger partial charge in [0.1, 0.15) is 0 Å². The van der Waals surface area contributed by atoms with Crippen molar-refractivity contribution in [3.8, 4) is 0 Å². The van der Waals surface area contributed by atoms with Crippen LogP contribution in [0.5, 0.6) is 0 Å². The van der Waals surface area contributed by atoms with Crippen LogP contribution in [0, 0.1) is 11.3 Å². The summed E-state index contributed by atoms with van der Waals surface area (Å²) in [4.78, 5) is 6.78. The van der Waals surface area contributed by atoms with Crippen molar-refractivity contribution < 1.29 is 9.84 Å². The molecule has 5 nitrogen and oxygen atoms in total. The highest BCUT2D eigenvalue weighted by Crippen LogP contribution is 2.32. The predicted molar refractivity (Wildman–Crippen MR) is 91.4 cm³/mol. The zero-order chi connectivity index (χ0) is 13.7. The van der Waals surface area contributed by atoms with Crippen molar-refractivity contribution in [3.63, 3.8) is 0 Å². The van der Waals surface area contributed by atoms with Gasteiger partial charge in [0, 0.05) is 31.7 Å². The van der Waals surface area contributed by atoms with Crippen LogP contribution in [-0.2, 0) is 4.74 Å². The van der Waals surface area contributed by atoms with Crippen LogP contribution in [0.4, 0.5) is 0 Å². The smallest absolute Gasteiger partial charge is 0.191 e. The number of rotatable bonds is 4. The number of aliphatic hydroxyl groups excluding tert-OH is 1. The van der Waals surface area contributed by atoms with Crippen LogP contribution in [0.1, 0.15) is 32.6 Å². The Labute approximate surface area is 139 Å². The Balaban J connectivity index is 0.00000200. The van der Waals surface area contributed by atoms with E-state index in [9.17, 15) is 5.11 Å². The van der Waals surface area contributed by atoms with Crippen molar-refractivity contribution in [3.05, 3.63) is 0 Å². The molecule has 0 saturated carbocycles. The molecule has 0 spiro atoms. The molecule has 0 radical (unpaired) electrons. The number of hydrogen-bond donors (Lipinski definition) is 2. The minimum absolute atomic E-state index is 0. The molecule has 0 aromatic rings. The maximum absolute atomic E-state index is 9.19. The summed E-state index contributed by atoms with van der Waals surface area (Å²) in [5, 5.41) is 9.19. The highest BCUT2D eigenvalue weighted by atomic mass is 127. The van der Waals surface area contributed by atoms with E-state index in [1.54, 1.807) is 0 Å². The molecule has 0 aromatic heterocycles. The lowest BCUT2D eigenvalue weighted by Crippen LogP contribution is -2.44. The summed E-state index contributed by atoms with van der Waals surface area (Å²) in [5.41, 5.74) is 6.12. The Morgan fingerprint density at radius 1 is 1.55 bits per heavy atom. The molecule has 0 aromatic carbocycles. The molecular weight excluding hydrogens is 369 g/mol. The minimum Gasteiger partial charge on any atom is -0.396 e. The number of halogens is 1. The number of aliphatic imine (C=N–C) groups is 1. The van der Waals surface area contributed by atoms with Gasteiger partial charge in [-0.05, 0) is 31.6 Å². The molecule has 2 saturated heterocycles. The number of nitrogens with two attached hydrogens (primary N) is 1. The topological polar surface area (TPSA) is 71.1 Å². The fourth-order valence-corrected chi connectivity index (χ4v) is 3.03. The summed E-state index contributed by atoms with van der Waals surface area (Å²) in [7, 11) is 0. The van der Waals surface area contributed by atoms with Gasteiger partial charge in [-0.15, -0.1) is 24.0 Å². The van der Waals surface area contributed by atoms with Crippen molar-refractivity contribution in [1.29, 1.82) is 0 Å². The first-order valence-electron chi connectivity index (χ1n) is 7.39. The van der Waals surface area contributed by atoms with Crippen LogP contribution in [0.25, 0.3) is 0 Å². The number of hydrogen-bond acceptors (Lipinski definition) is 3. The van der Waals surface area contributed by atoms with Crippen LogP contribution in [0.15, 0.2) is 4.99 Å². The molecule has 2 aliphatic heterocycles. The van der Waals surface area contributed by atoms with Gasteiger partial charge in [0.05, 0.1) is 13.2 Å². The fourth-order valence-electron chi connectivity index (χ4n) is 3.03. The molecule has 2 unspecified atom stereocenters. The highest BCUT2D eigenvalue weighted by molar-refractivity contribution is 14.0. The Hall–Kier alpha value is -0.0800. The van der Waals surface area contributed by atoms with E-state index in [0.717, 1.165) is 32.5 Å². The fraction of sp³-hybridized carbons (Fsp3) is 0.929. The third-order valence-electron chi connectivity index (χ3n) is 4.38. The first-order valence-corrected chi connectivity index (χ1v) is 7.39. The Morgan fingerprint density at radius 3 is 2.95 bits per heavy atom. The minimum atomic E-state index is 0. The van der Waals surface area contributed by atoms with Gasteiger partial charge in [-0.25, -0.2) is 0 Å². The first-order chi connectivity index (χ1) is 9.15. The van der Waals surface area contributed by atoms with E-state index in [4.69, 9.17) is 10.5 Å². The van der Waals surface area contributed by atoms with Gasteiger partial charge in [0.25, 0.3) is 0 Å². The van der Waals surface area contributed by atoms with Gasteiger partial charge in [-0.2, -0.15) is 0 Å². The summed E-state index contributed by atoms with van der Waals surface area (Å²) in [6.45, 7) is 6.63. The van der Waals surface area contributed by atoms with Gasteiger partial charge >= 0.3 is 0 Å². The zero-order valence-corrected chi connectivity index (χ0v) is 14.7. The van der Waals surface area contributed by atoms with E-state index in [1.807, 2.05) is 0 Å². The standard InChI is InChI=1S/C14H27N3O2.HI/c1-12-3-2-6-17(9-12)13(15)16-10-14(4-7-18)5-8-19-11-14;/h12,18H,2-11H2,1H3,(H2,15,16);1H. The van der Waals surface area contributed by atoms with Crippen LogP contribution in [0.2, 0.25) is 0 Å². The SMILES string of the molecule is CC1CCCN(C(N)=NCC2(CCO)CCOC2)C1.I. The van der Waals surface area contributed by atoms with E-state index in [0.29, 0.717) is 25.0 Å². The second-order valence-electron chi connectivity index (χ2n) is 6.14. The van der Waals surface area contributed by atoms with E-state index in [2.05, 4.69) is 16.8 Å². The molecule has 2 atom stereocenters. The molecule has 2 fully saturated rings. The number of likely N-dealkylation sites (tertiary alicyclic amines) is 1. The molecule has 2 aliphatic rings. The Kier molecular flexibility index (Phi) is 7.53. The third kappa shape index (κ3) is 4.73. The summed E-state index contributed by atoms with van der Waals surface area (Å²) >= 11 is 0. The van der Waals surface area contributed by atoms with Crippen molar-refractivity contribution in [2.45, 2.75) is 32.6 Å². The van der Waals surface area contributed by atoms with Gasteiger partial charge in [-0.3, -0.25) is 4.99 Å². The average molecular weight is 397 g/mol. The molecule has 2 heterocycles. The lowest BCUT2D eigenvalue weighted by atomic mass is 9.84. The number of aliphatic hydroxyl groups is 1. The van der Waals surface area contributed by atoms with E-state index in [1.165, 1.54) is 12.8 Å². The second kappa shape index (κ2) is 8.38. The molecule has 0 bridgehead atoms. The second-order valence-corrected chi connectivity index (χ2v) is 6.14. The Bertz CT molecular complexity index is 320. The van der Waals surface area contributed by atoms with Crippen LogP contribution in [-0.4, -0.2) is 55.4 Å². The lowest BCUT2D eigenvalue weighted by molar-refractivity contribution is 0.130. The number of guanidine groups is 1. The Morgan fingerprint density at radius 2 is 2.35 bits per heavy atom. The summed E-state index contributed by atoms with van der Waals surface area (Å²) in [6, 6.07) is 0. The molecule has 6 heteroatoms. The van der Waals surface area contributed by atoms with Gasteiger partial charge in [-0.1, -0.05) is 6.92 Å². The number of nitrogens with zero attached hydrogens (tertiary/aromatic N) is 2. The van der Waals surface area contributed by atoms with E-state index < -0.39 is 0 Å². The number of ether oxygens (including phenoxy) is 1. The largest absolute Gasteiger partial charge is 0.396 e. The normalized spacial score (nSPS) is 31.2. The predicted octanol–water partition coefficient (Wildman–Crippen LogP) is 1.44. The maximum Gasteiger partial charge on any atom is 0.191 e. The van der Waals surface area contributed by atoms with Gasteiger partial charge in [0.15, 0.2) is 5.96 Å². The molecule has 0 amide bonds. The van der Waals surface area contributed by atoms with Gasteiger partial charge in [0.2, 0.25) is 0 Å². The first kappa shape index (κ1) is 18.0. The molecule has 118 valence electrons. The van der Waals surface area contributed by atoms with Crippen molar-refractivity contribution in [2.75, 3.05) is 39.5 Å². The molecule has 3 N–H and O–H groups in total. The molecule has 0 aliphatic carbocycles. The maximum atomic E-state index is 9.19. The third-order valence-corrected chi connectivity index (χ3v) is 4.38. The average Bonchev–Trinajstić information content (AvgIpc) is 2.85. The van der Waals surface area contributed by atoms with Crippen molar-refractivity contribution in [2.24, 2.45) is 22.1 Å². The zero-order valence-electron chi connectivity index (χ0n) is 12.4. The van der Waals surface area contributed by atoms with E-state index in [-0.39, 0.29) is 36.0 Å². The van der Waals surface area contributed by atoms with Crippen molar-refractivity contribution in [1.82, 2.24) is 4.90 Å². The monoisotopic (exact) mass is 397 g/mol. The van der Waals surface area contributed by atoms with Crippen LogP contribution >= 0.6 is 24.0 Å². The highest BCUT2D eigenvalue weighted by Gasteiger charge is 2.34. The summed E-state index contributed by atoms with van der Waals surface area (Å²) in [5.74, 6) is 1.36. The molecule has 20 heavy (non-hydrogen) atoms. The van der Waals surface area contributed by atoms with Crippen molar-refractivity contribution >= 4 is 29.9 Å². The van der Waals surface area contributed by atoms with Gasteiger partial charge < -0.3 is 20.5 Å². The molecular formula is C14H28IN3O2. The summed E-state index contributed by atoms with van der Waals surface area (Å²) in [6.07, 6.45) is 4.20. The van der Waals surface area contributed by atoms with E-state index >= 15 is 0 Å². The quantitative estimate of drug-likeness (QED) is 0.428.